The van der Waals surface area contributed by atoms with Gasteiger partial charge in [-0.25, -0.2) is 17.9 Å². The third kappa shape index (κ3) is 3.58. The molecular weight excluding hydrogens is 270 g/mol. The lowest BCUT2D eigenvalue weighted by atomic mass is 10.2. The maximum absolute atomic E-state index is 11.6. The van der Waals surface area contributed by atoms with Crippen molar-refractivity contribution in [2.24, 2.45) is 0 Å². The number of methoxy groups -OCH3 is 1. The molecule has 0 saturated heterocycles. The molecule has 1 aromatic rings. The predicted octanol–water partition coefficient (Wildman–Crippen LogP) is 0.150. The van der Waals surface area contributed by atoms with E-state index in [1.807, 2.05) is 0 Å². The summed E-state index contributed by atoms with van der Waals surface area (Å²) in [5.41, 5.74) is 6.32. The number of rotatable bonds is 5. The van der Waals surface area contributed by atoms with Crippen LogP contribution in [0.4, 0.5) is 11.4 Å². The Morgan fingerprint density at radius 3 is 2.53 bits per heavy atom. The zero-order valence-electron chi connectivity index (χ0n) is 10.9. The highest BCUT2D eigenvalue weighted by atomic mass is 32.2. The van der Waals surface area contributed by atoms with E-state index in [0.717, 1.165) is 0 Å². The number of anilines is 2. The molecule has 4 N–H and O–H groups in total. The Balaban J connectivity index is 2.98. The van der Waals surface area contributed by atoms with Gasteiger partial charge in [-0.15, -0.1) is 0 Å². The van der Waals surface area contributed by atoms with Gasteiger partial charge in [-0.1, -0.05) is 0 Å². The quantitative estimate of drug-likeness (QED) is 0.525. The molecule has 0 heterocycles. The summed E-state index contributed by atoms with van der Waals surface area (Å²) in [7, 11) is -0.995. The van der Waals surface area contributed by atoms with Gasteiger partial charge in [-0.3, -0.25) is 0 Å². The third-order valence-corrected chi connectivity index (χ3v) is 3.99. The molecule has 106 valence electrons. The number of esters is 1. The summed E-state index contributed by atoms with van der Waals surface area (Å²) in [5.74, 6) is -0.425. The summed E-state index contributed by atoms with van der Waals surface area (Å²) in [6.07, 6.45) is 0. The average Bonchev–Trinajstić information content (AvgIpc) is 2.37. The van der Waals surface area contributed by atoms with Gasteiger partial charge in [-0.05, 0) is 32.2 Å². The highest BCUT2D eigenvalue weighted by Gasteiger charge is 2.17. The van der Waals surface area contributed by atoms with Crippen LogP contribution in [-0.2, 0) is 19.6 Å². The fourth-order valence-electron chi connectivity index (χ4n) is 1.48. The van der Waals surface area contributed by atoms with Crippen molar-refractivity contribution >= 4 is 27.4 Å². The summed E-state index contributed by atoms with van der Waals surface area (Å²) >= 11 is 0. The van der Waals surface area contributed by atoms with Gasteiger partial charge < -0.3 is 15.8 Å². The van der Waals surface area contributed by atoms with Gasteiger partial charge >= 0.3 is 5.97 Å². The fraction of sp³-hybridized carbons (Fsp3) is 0.364. The second-order valence-electron chi connectivity index (χ2n) is 3.85. The van der Waals surface area contributed by atoms with Crippen molar-refractivity contribution in [1.82, 2.24) is 4.72 Å². The van der Waals surface area contributed by atoms with Crippen LogP contribution in [0.25, 0.3) is 0 Å². The van der Waals surface area contributed by atoms with Crippen molar-refractivity contribution in [3.05, 3.63) is 18.2 Å². The zero-order valence-corrected chi connectivity index (χ0v) is 11.7. The summed E-state index contributed by atoms with van der Waals surface area (Å²) in [5, 5.41) is 2.86. The standard InChI is InChI=1S/C11H17N3O4S/c1-7(11(15)18-3)14-8-4-5-10(9(12)6-8)19(16,17)13-2/h4-7,13-14H,12H2,1-3H3. The van der Waals surface area contributed by atoms with Crippen LogP contribution < -0.4 is 15.8 Å². The van der Waals surface area contributed by atoms with Gasteiger partial charge in [0, 0.05) is 5.69 Å². The molecule has 19 heavy (non-hydrogen) atoms. The smallest absolute Gasteiger partial charge is 0.327 e. The van der Waals surface area contributed by atoms with Gasteiger partial charge in [-0.2, -0.15) is 0 Å². The predicted molar refractivity (Wildman–Crippen MR) is 72.2 cm³/mol. The molecule has 0 spiro atoms. The Hall–Kier alpha value is -1.80. The van der Waals surface area contributed by atoms with Crippen molar-refractivity contribution in [2.45, 2.75) is 17.9 Å². The molecule has 8 heteroatoms. The van der Waals surface area contributed by atoms with Crippen LogP contribution in [0.3, 0.4) is 0 Å². The minimum atomic E-state index is -3.59. The highest BCUT2D eigenvalue weighted by Crippen LogP contribution is 2.22. The second-order valence-corrected chi connectivity index (χ2v) is 5.70. The van der Waals surface area contributed by atoms with E-state index in [0.29, 0.717) is 5.69 Å². The first kappa shape index (κ1) is 15.3. The number of hydrogen-bond donors (Lipinski definition) is 3. The van der Waals surface area contributed by atoms with Crippen LogP contribution in [0.15, 0.2) is 23.1 Å². The lowest BCUT2D eigenvalue weighted by Crippen LogP contribution is -2.27. The van der Waals surface area contributed by atoms with E-state index in [1.165, 1.54) is 32.4 Å². The first-order valence-corrected chi connectivity index (χ1v) is 6.97. The Morgan fingerprint density at radius 1 is 1.42 bits per heavy atom. The number of ether oxygens (including phenoxy) is 1. The first-order chi connectivity index (χ1) is 8.81. The normalized spacial score (nSPS) is 12.8. The fourth-order valence-corrected chi connectivity index (χ4v) is 2.31. The van der Waals surface area contributed by atoms with Gasteiger partial charge in [0.2, 0.25) is 10.0 Å². The number of nitrogens with one attached hydrogen (secondary N) is 2. The topological polar surface area (TPSA) is 111 Å². The molecule has 7 nitrogen and oxygen atoms in total. The maximum atomic E-state index is 11.6. The second kappa shape index (κ2) is 5.89. The summed E-state index contributed by atoms with van der Waals surface area (Å²) in [4.78, 5) is 11.2. The minimum Gasteiger partial charge on any atom is -0.467 e. The summed E-state index contributed by atoms with van der Waals surface area (Å²) in [6.45, 7) is 1.63. The maximum Gasteiger partial charge on any atom is 0.327 e. The van der Waals surface area contributed by atoms with E-state index in [-0.39, 0.29) is 10.6 Å². The molecule has 0 amide bonds. The molecule has 0 fully saturated rings. The molecule has 0 bridgehead atoms. The van der Waals surface area contributed by atoms with E-state index >= 15 is 0 Å². The summed E-state index contributed by atoms with van der Waals surface area (Å²) in [6, 6.07) is 3.79. The Morgan fingerprint density at radius 2 is 2.05 bits per heavy atom. The Labute approximate surface area is 112 Å². The molecule has 0 radical (unpaired) electrons. The molecule has 1 unspecified atom stereocenters. The number of nitrogens with two attached hydrogens (primary N) is 1. The number of carbonyl (C=O) groups is 1. The van der Waals surface area contributed by atoms with Crippen LogP contribution in [-0.4, -0.2) is 34.6 Å². The SMILES string of the molecule is CNS(=O)(=O)c1ccc(NC(C)C(=O)OC)cc1N. The number of carbonyl (C=O) groups excluding carboxylic acids is 1. The number of hydrogen-bond acceptors (Lipinski definition) is 6. The van der Waals surface area contributed by atoms with E-state index in [1.54, 1.807) is 6.92 Å². The number of benzene rings is 1. The van der Waals surface area contributed by atoms with E-state index in [9.17, 15) is 13.2 Å². The van der Waals surface area contributed by atoms with Crippen LogP contribution in [0.1, 0.15) is 6.92 Å². The number of sulfonamides is 1. The van der Waals surface area contributed by atoms with Crippen molar-refractivity contribution in [1.29, 1.82) is 0 Å². The molecule has 0 aliphatic rings. The Kier molecular flexibility index (Phi) is 4.73. The van der Waals surface area contributed by atoms with Crippen molar-refractivity contribution in [2.75, 3.05) is 25.2 Å². The van der Waals surface area contributed by atoms with Crippen LogP contribution >= 0.6 is 0 Å². The van der Waals surface area contributed by atoms with Gasteiger partial charge in [0.25, 0.3) is 0 Å². The molecular formula is C11H17N3O4S. The van der Waals surface area contributed by atoms with Crippen molar-refractivity contribution in [3.8, 4) is 0 Å². The highest BCUT2D eigenvalue weighted by molar-refractivity contribution is 7.89. The van der Waals surface area contributed by atoms with Gasteiger partial charge in [0.15, 0.2) is 0 Å². The molecule has 0 aliphatic heterocycles. The molecule has 0 aromatic heterocycles. The Bertz CT molecular complexity index is 571. The van der Waals surface area contributed by atoms with Gasteiger partial charge in [0.05, 0.1) is 12.8 Å². The largest absolute Gasteiger partial charge is 0.467 e. The summed E-state index contributed by atoms with van der Waals surface area (Å²) < 4.78 is 30.0. The number of nitrogen functional groups attached to an aromatic ring is 1. The first-order valence-electron chi connectivity index (χ1n) is 5.49. The molecule has 0 saturated carbocycles. The van der Waals surface area contributed by atoms with Crippen molar-refractivity contribution in [3.63, 3.8) is 0 Å². The monoisotopic (exact) mass is 287 g/mol. The van der Waals surface area contributed by atoms with Crippen LogP contribution in [0, 0.1) is 0 Å². The lowest BCUT2D eigenvalue weighted by Gasteiger charge is -2.14. The van der Waals surface area contributed by atoms with E-state index in [4.69, 9.17) is 5.73 Å². The molecule has 1 atom stereocenters. The van der Waals surface area contributed by atoms with E-state index in [2.05, 4.69) is 14.8 Å². The molecule has 1 rings (SSSR count). The van der Waals surface area contributed by atoms with Crippen LogP contribution in [0.5, 0.6) is 0 Å². The zero-order chi connectivity index (χ0) is 14.6. The van der Waals surface area contributed by atoms with Gasteiger partial charge in [0.1, 0.15) is 10.9 Å². The lowest BCUT2D eigenvalue weighted by molar-refractivity contribution is -0.141. The third-order valence-electron chi connectivity index (χ3n) is 2.51. The van der Waals surface area contributed by atoms with Crippen LogP contribution in [0.2, 0.25) is 0 Å². The van der Waals surface area contributed by atoms with Crippen molar-refractivity contribution < 1.29 is 17.9 Å². The molecule has 0 aliphatic carbocycles. The molecule has 1 aromatic carbocycles. The minimum absolute atomic E-state index is 0.00808. The van der Waals surface area contributed by atoms with E-state index < -0.39 is 22.0 Å². The average molecular weight is 287 g/mol.